The monoisotopic (exact) mass is 287 g/mol. The van der Waals surface area contributed by atoms with Gasteiger partial charge in [-0.3, -0.25) is 4.79 Å². The van der Waals surface area contributed by atoms with Crippen molar-refractivity contribution in [3.8, 4) is 0 Å². The lowest BCUT2D eigenvalue weighted by molar-refractivity contribution is -0.119. The fraction of sp³-hybridized carbons (Fsp3) is 0.200. The fourth-order valence-corrected chi connectivity index (χ4v) is 1.85. The van der Waals surface area contributed by atoms with Crippen molar-refractivity contribution < 1.29 is 13.2 Å². The van der Waals surface area contributed by atoms with Crippen molar-refractivity contribution in [3.63, 3.8) is 0 Å². The average Bonchev–Trinajstić information content (AvgIpc) is 2.28. The van der Waals surface area contributed by atoms with Crippen LogP contribution in [-0.2, 0) is 14.8 Å². The van der Waals surface area contributed by atoms with Gasteiger partial charge in [-0.2, -0.15) is 0 Å². The molecule has 6 nitrogen and oxygen atoms in total. The Morgan fingerprint density at radius 1 is 1.33 bits per heavy atom. The second kappa shape index (κ2) is 5.89. The van der Waals surface area contributed by atoms with Crippen LogP contribution in [0.5, 0.6) is 0 Å². The maximum absolute atomic E-state index is 11.1. The Balaban J connectivity index is 2.70. The number of nitrogens with two attached hydrogens (primary N) is 1. The maximum Gasteiger partial charge on any atom is 0.238 e. The van der Waals surface area contributed by atoms with Gasteiger partial charge in [-0.15, -0.1) is 0 Å². The molecule has 1 rings (SSSR count). The van der Waals surface area contributed by atoms with Crippen LogP contribution >= 0.6 is 12.2 Å². The van der Waals surface area contributed by atoms with E-state index in [2.05, 4.69) is 10.6 Å². The predicted molar refractivity (Wildman–Crippen MR) is 72.5 cm³/mol. The minimum atomic E-state index is -3.70. The largest absolute Gasteiger partial charge is 0.332 e. The molecule has 0 aromatic heterocycles. The number of hydrogen-bond acceptors (Lipinski definition) is 4. The second-order valence-electron chi connectivity index (χ2n) is 3.43. The van der Waals surface area contributed by atoms with Crippen molar-refractivity contribution in [3.05, 3.63) is 24.3 Å². The molecular formula is C10H13N3O3S2. The van der Waals surface area contributed by atoms with Crippen LogP contribution in [0.4, 0.5) is 5.69 Å². The van der Waals surface area contributed by atoms with Crippen LogP contribution in [0, 0.1) is 0 Å². The molecule has 8 heteroatoms. The summed E-state index contributed by atoms with van der Waals surface area (Å²) in [6.07, 6.45) is 0.326. The van der Waals surface area contributed by atoms with E-state index in [-0.39, 0.29) is 15.9 Å². The van der Waals surface area contributed by atoms with Crippen molar-refractivity contribution in [2.24, 2.45) is 5.14 Å². The third kappa shape index (κ3) is 4.40. The lowest BCUT2D eigenvalue weighted by Crippen LogP contribution is -2.33. The first-order valence-corrected chi connectivity index (χ1v) is 7.02. The highest BCUT2D eigenvalue weighted by Gasteiger charge is 2.07. The normalized spacial score (nSPS) is 10.8. The summed E-state index contributed by atoms with van der Waals surface area (Å²) in [5.41, 5.74) is 0.559. The van der Waals surface area contributed by atoms with E-state index in [9.17, 15) is 13.2 Å². The van der Waals surface area contributed by atoms with E-state index >= 15 is 0 Å². The number of rotatable bonds is 3. The van der Waals surface area contributed by atoms with Gasteiger partial charge in [-0.25, -0.2) is 13.6 Å². The summed E-state index contributed by atoms with van der Waals surface area (Å²) in [5.74, 6) is -0.200. The Morgan fingerprint density at radius 2 is 1.89 bits per heavy atom. The first-order chi connectivity index (χ1) is 8.32. The summed E-state index contributed by atoms with van der Waals surface area (Å²) in [4.78, 5) is 11.1. The van der Waals surface area contributed by atoms with Crippen molar-refractivity contribution in [2.45, 2.75) is 18.2 Å². The Hall–Kier alpha value is -1.51. The lowest BCUT2D eigenvalue weighted by atomic mass is 10.3. The van der Waals surface area contributed by atoms with Gasteiger partial charge in [-0.1, -0.05) is 6.92 Å². The molecule has 98 valence electrons. The van der Waals surface area contributed by atoms with Gasteiger partial charge in [0.2, 0.25) is 15.9 Å². The van der Waals surface area contributed by atoms with Gasteiger partial charge in [0.1, 0.15) is 0 Å². The highest BCUT2D eigenvalue weighted by molar-refractivity contribution is 7.89. The molecule has 0 atom stereocenters. The highest BCUT2D eigenvalue weighted by Crippen LogP contribution is 2.12. The minimum absolute atomic E-state index is 0.0107. The van der Waals surface area contributed by atoms with Gasteiger partial charge in [0, 0.05) is 12.1 Å². The number of primary sulfonamides is 1. The van der Waals surface area contributed by atoms with E-state index < -0.39 is 10.0 Å². The van der Waals surface area contributed by atoms with Crippen LogP contribution in [0.3, 0.4) is 0 Å². The quantitative estimate of drug-likeness (QED) is 0.705. The molecule has 0 aliphatic heterocycles. The highest BCUT2D eigenvalue weighted by atomic mass is 32.2. The molecule has 4 N–H and O–H groups in total. The summed E-state index contributed by atoms with van der Waals surface area (Å²) < 4.78 is 22.1. The van der Waals surface area contributed by atoms with E-state index in [0.717, 1.165) is 0 Å². The zero-order valence-corrected chi connectivity index (χ0v) is 11.3. The van der Waals surface area contributed by atoms with Crippen LogP contribution in [-0.4, -0.2) is 19.4 Å². The Morgan fingerprint density at radius 3 is 2.33 bits per heavy atom. The van der Waals surface area contributed by atoms with Crippen LogP contribution in [0.25, 0.3) is 0 Å². The smallest absolute Gasteiger partial charge is 0.238 e. The maximum atomic E-state index is 11.1. The molecule has 0 fully saturated rings. The van der Waals surface area contributed by atoms with Gasteiger partial charge in [0.15, 0.2) is 5.11 Å². The van der Waals surface area contributed by atoms with Crippen LogP contribution in [0.2, 0.25) is 0 Å². The van der Waals surface area contributed by atoms with Crippen LogP contribution in [0.1, 0.15) is 13.3 Å². The molecule has 1 aromatic rings. The minimum Gasteiger partial charge on any atom is -0.332 e. The molecule has 0 aliphatic rings. The van der Waals surface area contributed by atoms with Gasteiger partial charge >= 0.3 is 0 Å². The fourth-order valence-electron chi connectivity index (χ4n) is 1.11. The molecule has 0 unspecified atom stereocenters. The van der Waals surface area contributed by atoms with Gasteiger partial charge in [-0.05, 0) is 36.5 Å². The molecule has 0 saturated heterocycles. The summed E-state index contributed by atoms with van der Waals surface area (Å²) in [7, 11) is -3.70. The zero-order chi connectivity index (χ0) is 13.8. The molecule has 0 heterocycles. The average molecular weight is 287 g/mol. The van der Waals surface area contributed by atoms with Crippen molar-refractivity contribution in [1.29, 1.82) is 0 Å². The molecule has 0 saturated carbocycles. The number of amides is 1. The summed E-state index contributed by atoms with van der Waals surface area (Å²) >= 11 is 4.90. The second-order valence-corrected chi connectivity index (χ2v) is 5.39. The van der Waals surface area contributed by atoms with Crippen molar-refractivity contribution in [1.82, 2.24) is 5.32 Å². The van der Waals surface area contributed by atoms with E-state index in [4.69, 9.17) is 17.4 Å². The van der Waals surface area contributed by atoms with Crippen molar-refractivity contribution in [2.75, 3.05) is 5.32 Å². The van der Waals surface area contributed by atoms with Gasteiger partial charge in [0.05, 0.1) is 4.90 Å². The zero-order valence-electron chi connectivity index (χ0n) is 9.64. The lowest BCUT2D eigenvalue weighted by Gasteiger charge is -2.09. The first-order valence-electron chi connectivity index (χ1n) is 5.06. The summed E-state index contributed by atoms with van der Waals surface area (Å²) in [6, 6.07) is 5.71. The summed E-state index contributed by atoms with van der Waals surface area (Å²) in [5, 5.41) is 10.3. The van der Waals surface area contributed by atoms with E-state index in [0.29, 0.717) is 12.1 Å². The van der Waals surface area contributed by atoms with E-state index in [1.54, 1.807) is 6.92 Å². The number of thiocarbonyl (C=S) groups is 1. The molecule has 0 bridgehead atoms. The number of benzene rings is 1. The standard InChI is InChI=1S/C10H13N3O3S2/c1-2-9(14)13-10(17)12-7-3-5-8(6-4-7)18(11,15)16/h3-6H,2H2,1H3,(H2,11,15,16)(H2,12,13,14,17). The van der Waals surface area contributed by atoms with Gasteiger partial charge < -0.3 is 10.6 Å². The molecule has 1 aromatic carbocycles. The number of hydrogen-bond donors (Lipinski definition) is 3. The Bertz CT molecular complexity index is 552. The Labute approximate surface area is 111 Å². The SMILES string of the molecule is CCC(=O)NC(=S)Nc1ccc(S(N)(=O)=O)cc1. The number of carbonyl (C=O) groups excluding carboxylic acids is 1. The Kier molecular flexibility index (Phi) is 4.76. The third-order valence-electron chi connectivity index (χ3n) is 2.01. The molecular weight excluding hydrogens is 274 g/mol. The third-order valence-corrected chi connectivity index (χ3v) is 3.15. The topological polar surface area (TPSA) is 101 Å². The van der Waals surface area contributed by atoms with Crippen LogP contribution < -0.4 is 15.8 Å². The molecule has 0 aliphatic carbocycles. The van der Waals surface area contributed by atoms with Crippen LogP contribution in [0.15, 0.2) is 29.2 Å². The number of nitrogens with one attached hydrogen (secondary N) is 2. The van der Waals surface area contributed by atoms with Gasteiger partial charge in [0.25, 0.3) is 0 Å². The molecule has 0 radical (unpaired) electrons. The number of anilines is 1. The molecule has 1 amide bonds. The number of sulfonamides is 1. The van der Waals surface area contributed by atoms with E-state index in [1.807, 2.05) is 0 Å². The van der Waals surface area contributed by atoms with E-state index in [1.165, 1.54) is 24.3 Å². The molecule has 0 spiro atoms. The van der Waals surface area contributed by atoms with Crippen molar-refractivity contribution >= 4 is 38.9 Å². The predicted octanol–water partition coefficient (Wildman–Crippen LogP) is 0.557. The molecule has 18 heavy (non-hydrogen) atoms. The number of carbonyl (C=O) groups is 1. The summed E-state index contributed by atoms with van der Waals surface area (Å²) in [6.45, 7) is 1.71. The first kappa shape index (κ1) is 14.6.